The highest BCUT2D eigenvalue weighted by atomic mass is 16.6. The van der Waals surface area contributed by atoms with Crippen molar-refractivity contribution in [1.29, 1.82) is 0 Å². The molecule has 1 atom stereocenters. The Bertz CT molecular complexity index is 1150. The molecule has 1 unspecified atom stereocenters. The lowest BCUT2D eigenvalue weighted by Crippen LogP contribution is -2.30. The van der Waals surface area contributed by atoms with Crippen LogP contribution in [0.25, 0.3) is 0 Å². The molecule has 0 aliphatic carbocycles. The predicted octanol–water partition coefficient (Wildman–Crippen LogP) is 17.6. The van der Waals surface area contributed by atoms with E-state index in [1.807, 2.05) is 0 Å². The van der Waals surface area contributed by atoms with Gasteiger partial charge in [0.1, 0.15) is 13.2 Å². The zero-order chi connectivity index (χ0) is 45.8. The first-order chi connectivity index (χ1) is 31.0. The van der Waals surface area contributed by atoms with Gasteiger partial charge in [0.25, 0.3) is 0 Å². The highest BCUT2D eigenvalue weighted by Crippen LogP contribution is 2.13. The number of esters is 3. The second-order valence-electron chi connectivity index (χ2n) is 17.8. The van der Waals surface area contributed by atoms with Crippen molar-refractivity contribution in [3.05, 3.63) is 60.8 Å². The summed E-state index contributed by atoms with van der Waals surface area (Å²) >= 11 is 0. The molecule has 0 aromatic carbocycles. The molecule has 0 aromatic rings. The van der Waals surface area contributed by atoms with Crippen molar-refractivity contribution in [2.45, 2.75) is 271 Å². The summed E-state index contributed by atoms with van der Waals surface area (Å²) in [5.74, 6) is -0.964. The lowest BCUT2D eigenvalue weighted by molar-refractivity contribution is -0.167. The molecule has 0 aromatic heterocycles. The van der Waals surface area contributed by atoms with E-state index < -0.39 is 6.10 Å². The SMILES string of the molecule is CCCCCCCC/C=C\CCCCCC(=O)OCC(COC(=O)CCCCC/C=C\C=C/CCCCCCCCC)OC(=O)CCCCC/C=C\C=C/CCCCCCCCC. The van der Waals surface area contributed by atoms with E-state index in [1.54, 1.807) is 0 Å². The van der Waals surface area contributed by atoms with Crippen LogP contribution in [0.2, 0.25) is 0 Å². The van der Waals surface area contributed by atoms with Crippen LogP contribution in [0.3, 0.4) is 0 Å². The number of allylic oxidation sites excluding steroid dienone is 10. The lowest BCUT2D eigenvalue weighted by atomic mass is 10.1. The molecule has 0 spiro atoms. The van der Waals surface area contributed by atoms with E-state index in [-0.39, 0.29) is 37.5 Å². The Labute approximate surface area is 390 Å². The summed E-state index contributed by atoms with van der Waals surface area (Å²) in [7, 11) is 0. The Hall–Kier alpha value is -2.89. The second kappa shape index (κ2) is 51.7. The van der Waals surface area contributed by atoms with Gasteiger partial charge in [-0.05, 0) is 96.3 Å². The molecule has 0 saturated heterocycles. The van der Waals surface area contributed by atoms with Crippen molar-refractivity contribution < 1.29 is 28.6 Å². The minimum atomic E-state index is -0.804. The normalized spacial score (nSPS) is 12.5. The monoisotopic (exact) mass is 881 g/mol. The van der Waals surface area contributed by atoms with E-state index in [2.05, 4.69) is 81.5 Å². The minimum absolute atomic E-state index is 0.101. The molecule has 364 valence electrons. The molecular weight excluding hydrogens is 781 g/mol. The zero-order valence-electron chi connectivity index (χ0n) is 41.6. The molecule has 0 bridgehead atoms. The van der Waals surface area contributed by atoms with E-state index in [0.29, 0.717) is 12.8 Å². The maximum absolute atomic E-state index is 12.8. The summed E-state index contributed by atoms with van der Waals surface area (Å²) in [5, 5.41) is 0. The van der Waals surface area contributed by atoms with Crippen LogP contribution in [0.5, 0.6) is 0 Å². The number of carbonyl (C=O) groups excluding carboxylic acids is 3. The summed E-state index contributed by atoms with van der Waals surface area (Å²) in [6.07, 6.45) is 63.5. The molecule has 63 heavy (non-hydrogen) atoms. The van der Waals surface area contributed by atoms with Gasteiger partial charge in [0.15, 0.2) is 6.10 Å². The van der Waals surface area contributed by atoms with Gasteiger partial charge < -0.3 is 14.2 Å². The smallest absolute Gasteiger partial charge is 0.306 e. The summed E-state index contributed by atoms with van der Waals surface area (Å²) in [6.45, 7) is 6.57. The van der Waals surface area contributed by atoms with E-state index in [9.17, 15) is 14.4 Å². The van der Waals surface area contributed by atoms with Crippen molar-refractivity contribution in [2.75, 3.05) is 13.2 Å². The Balaban J connectivity index is 4.48. The number of hydrogen-bond donors (Lipinski definition) is 0. The molecule has 0 rings (SSSR count). The first-order valence-corrected chi connectivity index (χ1v) is 26.8. The van der Waals surface area contributed by atoms with Crippen LogP contribution in [-0.2, 0) is 28.6 Å². The summed E-state index contributed by atoms with van der Waals surface area (Å²) in [6, 6.07) is 0. The fourth-order valence-corrected chi connectivity index (χ4v) is 7.42. The molecule has 0 amide bonds. The minimum Gasteiger partial charge on any atom is -0.462 e. The van der Waals surface area contributed by atoms with Crippen molar-refractivity contribution >= 4 is 17.9 Å². The summed E-state index contributed by atoms with van der Waals surface area (Å²) < 4.78 is 16.8. The largest absolute Gasteiger partial charge is 0.462 e. The third kappa shape index (κ3) is 50.0. The Kier molecular flexibility index (Phi) is 49.4. The molecule has 0 fully saturated rings. The van der Waals surface area contributed by atoms with Gasteiger partial charge in [0.2, 0.25) is 0 Å². The molecule has 0 radical (unpaired) electrons. The molecule has 0 N–H and O–H groups in total. The Morgan fingerprint density at radius 1 is 0.317 bits per heavy atom. The molecule has 0 heterocycles. The average Bonchev–Trinajstić information content (AvgIpc) is 3.28. The third-order valence-electron chi connectivity index (χ3n) is 11.5. The van der Waals surface area contributed by atoms with Crippen LogP contribution in [-0.4, -0.2) is 37.2 Å². The van der Waals surface area contributed by atoms with E-state index in [4.69, 9.17) is 14.2 Å². The fraction of sp³-hybridized carbons (Fsp3) is 0.772. The van der Waals surface area contributed by atoms with Crippen LogP contribution >= 0.6 is 0 Å². The lowest BCUT2D eigenvalue weighted by Gasteiger charge is -2.18. The first kappa shape index (κ1) is 60.1. The van der Waals surface area contributed by atoms with Gasteiger partial charge in [-0.3, -0.25) is 14.4 Å². The topological polar surface area (TPSA) is 78.9 Å². The quantitative estimate of drug-likeness (QED) is 0.0199. The van der Waals surface area contributed by atoms with Gasteiger partial charge in [0, 0.05) is 19.3 Å². The second-order valence-corrected chi connectivity index (χ2v) is 17.8. The maximum Gasteiger partial charge on any atom is 0.306 e. The zero-order valence-corrected chi connectivity index (χ0v) is 41.6. The first-order valence-electron chi connectivity index (χ1n) is 26.8. The number of hydrogen-bond acceptors (Lipinski definition) is 6. The maximum atomic E-state index is 12.8. The Morgan fingerprint density at radius 3 is 0.889 bits per heavy atom. The van der Waals surface area contributed by atoms with Gasteiger partial charge in [-0.25, -0.2) is 0 Å². The summed E-state index contributed by atoms with van der Waals surface area (Å²) in [5.41, 5.74) is 0. The number of ether oxygens (including phenoxy) is 3. The van der Waals surface area contributed by atoms with Crippen LogP contribution in [0.15, 0.2) is 60.8 Å². The van der Waals surface area contributed by atoms with Gasteiger partial charge in [-0.1, -0.05) is 210 Å². The van der Waals surface area contributed by atoms with Crippen molar-refractivity contribution in [3.8, 4) is 0 Å². The average molecular weight is 881 g/mol. The Morgan fingerprint density at radius 2 is 0.571 bits per heavy atom. The summed E-state index contributed by atoms with van der Waals surface area (Å²) in [4.78, 5) is 38.0. The van der Waals surface area contributed by atoms with Crippen LogP contribution in [0.1, 0.15) is 265 Å². The van der Waals surface area contributed by atoms with Crippen LogP contribution in [0, 0.1) is 0 Å². The van der Waals surface area contributed by atoms with E-state index >= 15 is 0 Å². The fourth-order valence-electron chi connectivity index (χ4n) is 7.42. The van der Waals surface area contributed by atoms with Gasteiger partial charge in [0.05, 0.1) is 0 Å². The van der Waals surface area contributed by atoms with Gasteiger partial charge >= 0.3 is 17.9 Å². The highest BCUT2D eigenvalue weighted by Gasteiger charge is 2.19. The third-order valence-corrected chi connectivity index (χ3v) is 11.5. The van der Waals surface area contributed by atoms with Crippen LogP contribution < -0.4 is 0 Å². The number of rotatable bonds is 48. The standard InChI is InChI=1S/C57H100O6/c1-4-7-10-13-16-19-22-25-27-29-32-35-38-41-44-47-50-56(59)62-53-54(52-61-55(58)49-46-43-40-37-34-31-24-21-18-15-12-9-6-3)63-57(60)51-48-45-42-39-36-33-30-28-26-23-20-17-14-11-8-5-2/h27-36,54H,4-26,37-53H2,1-3H3/b29-27-,30-28-,34-31-,35-32-,36-33-. The predicted molar refractivity (Wildman–Crippen MR) is 270 cm³/mol. The van der Waals surface area contributed by atoms with Crippen LogP contribution in [0.4, 0.5) is 0 Å². The number of unbranched alkanes of at least 4 members (excludes halogenated alkanes) is 29. The van der Waals surface area contributed by atoms with E-state index in [1.165, 1.54) is 128 Å². The number of carbonyl (C=O) groups is 3. The van der Waals surface area contributed by atoms with Gasteiger partial charge in [-0.15, -0.1) is 0 Å². The highest BCUT2D eigenvalue weighted by molar-refractivity contribution is 5.71. The molecule has 0 aliphatic rings. The van der Waals surface area contributed by atoms with Crippen molar-refractivity contribution in [1.82, 2.24) is 0 Å². The molecular formula is C57H100O6. The van der Waals surface area contributed by atoms with Crippen molar-refractivity contribution in [3.63, 3.8) is 0 Å². The molecule has 6 heteroatoms. The van der Waals surface area contributed by atoms with Gasteiger partial charge in [-0.2, -0.15) is 0 Å². The molecule has 0 saturated carbocycles. The molecule has 6 nitrogen and oxygen atoms in total. The molecule has 0 aliphatic heterocycles. The van der Waals surface area contributed by atoms with Crippen molar-refractivity contribution in [2.24, 2.45) is 0 Å². The van der Waals surface area contributed by atoms with E-state index in [0.717, 1.165) is 96.3 Å².